The monoisotopic (exact) mass is 744 g/mol. The molecule has 0 saturated heterocycles. The molecule has 0 radical (unpaired) electrons. The lowest BCUT2D eigenvalue weighted by Gasteiger charge is -2.29. The Morgan fingerprint density at radius 1 is 0.362 bits per heavy atom. The zero-order chi connectivity index (χ0) is 38.8. The summed E-state index contributed by atoms with van der Waals surface area (Å²) in [4.78, 5) is 4.71. The lowest BCUT2D eigenvalue weighted by molar-refractivity contribution is 0.661. The molecule has 0 unspecified atom stereocenters. The molecule has 276 valence electrons. The van der Waals surface area contributed by atoms with Crippen molar-refractivity contribution in [2.24, 2.45) is 0 Å². The number of para-hydroxylation sites is 4. The van der Waals surface area contributed by atoms with Crippen molar-refractivity contribution < 1.29 is 4.42 Å². The summed E-state index contributed by atoms with van der Waals surface area (Å²) < 4.78 is 6.35. The van der Waals surface area contributed by atoms with Crippen LogP contribution in [0, 0.1) is 0 Å². The maximum absolute atomic E-state index is 6.35. The molecule has 0 aliphatic heterocycles. The van der Waals surface area contributed by atoms with Crippen LogP contribution in [0.5, 0.6) is 0 Å². The highest BCUT2D eigenvalue weighted by Gasteiger charge is 2.36. The minimum atomic E-state index is -0.115. The standard InChI is InChI=1S/C55H40N2O/c1-55(2)50-24-14-12-22-45(50)49-33-39-32-38(34-52(48(39)36-51(49)55)57(41-18-8-4-9-19-41)42-20-10-5-11-21-42)37-26-28-43(29-27-37)56(40-16-6-3-7-17-40)44-30-31-47-46-23-13-15-25-53(46)58-54(47)35-44/h3-36H,1-2H3. The predicted octanol–water partition coefficient (Wildman–Crippen LogP) is 15.7. The van der Waals surface area contributed by atoms with Crippen LogP contribution in [-0.2, 0) is 5.41 Å². The molecule has 3 nitrogen and oxygen atoms in total. The van der Waals surface area contributed by atoms with Gasteiger partial charge in [-0.15, -0.1) is 0 Å². The summed E-state index contributed by atoms with van der Waals surface area (Å²) in [5.41, 5.74) is 15.9. The number of nitrogens with zero attached hydrogens (tertiary/aromatic N) is 2. The van der Waals surface area contributed by atoms with Crippen molar-refractivity contribution in [1.29, 1.82) is 0 Å². The quantitative estimate of drug-likeness (QED) is 0.162. The third-order valence-corrected chi connectivity index (χ3v) is 12.0. The van der Waals surface area contributed by atoms with Crippen LogP contribution in [0.3, 0.4) is 0 Å². The molecule has 1 aliphatic carbocycles. The lowest BCUT2D eigenvalue weighted by atomic mass is 9.81. The van der Waals surface area contributed by atoms with Gasteiger partial charge in [-0.3, -0.25) is 0 Å². The second kappa shape index (κ2) is 13.4. The van der Waals surface area contributed by atoms with Crippen molar-refractivity contribution in [3.63, 3.8) is 0 Å². The van der Waals surface area contributed by atoms with Crippen molar-refractivity contribution in [2.45, 2.75) is 19.3 Å². The number of anilines is 6. The van der Waals surface area contributed by atoms with E-state index in [1.165, 1.54) is 33.0 Å². The maximum Gasteiger partial charge on any atom is 0.137 e. The van der Waals surface area contributed by atoms with Gasteiger partial charge in [-0.05, 0) is 130 Å². The van der Waals surface area contributed by atoms with Gasteiger partial charge in [0.1, 0.15) is 11.2 Å². The van der Waals surface area contributed by atoms with Crippen molar-refractivity contribution in [3.05, 3.63) is 217 Å². The van der Waals surface area contributed by atoms with E-state index < -0.39 is 0 Å². The Hall–Kier alpha value is -7.36. The molecule has 0 amide bonds. The molecule has 9 aromatic carbocycles. The minimum absolute atomic E-state index is 0.115. The van der Waals surface area contributed by atoms with E-state index >= 15 is 0 Å². The molecule has 11 rings (SSSR count). The number of benzene rings is 9. The number of furan rings is 1. The molecule has 10 aromatic rings. The third kappa shape index (κ3) is 5.50. The zero-order valence-corrected chi connectivity index (χ0v) is 32.4. The second-order valence-electron chi connectivity index (χ2n) is 15.8. The highest BCUT2D eigenvalue weighted by molar-refractivity contribution is 6.07. The van der Waals surface area contributed by atoms with E-state index in [2.05, 4.69) is 218 Å². The first-order valence-corrected chi connectivity index (χ1v) is 20.0. The fraction of sp³-hybridized carbons (Fsp3) is 0.0545. The fourth-order valence-corrected chi connectivity index (χ4v) is 9.15. The normalized spacial score (nSPS) is 12.8. The third-order valence-electron chi connectivity index (χ3n) is 12.0. The van der Waals surface area contributed by atoms with Gasteiger partial charge in [0.15, 0.2) is 0 Å². The van der Waals surface area contributed by atoms with Crippen LogP contribution >= 0.6 is 0 Å². The van der Waals surface area contributed by atoms with E-state index in [9.17, 15) is 0 Å². The molecule has 1 aromatic heterocycles. The van der Waals surface area contributed by atoms with Gasteiger partial charge >= 0.3 is 0 Å². The SMILES string of the molecule is CC1(C)c2ccccc2-c2cc3cc(-c4ccc(N(c5ccccc5)c5ccc6c(c5)oc5ccccc56)cc4)cc(N(c4ccccc4)c4ccccc4)c3cc21. The van der Waals surface area contributed by atoms with Crippen LogP contribution in [0.25, 0.3) is 55.0 Å². The molecule has 0 N–H and O–H groups in total. The van der Waals surface area contributed by atoms with Crippen molar-refractivity contribution in [3.8, 4) is 22.3 Å². The highest BCUT2D eigenvalue weighted by Crippen LogP contribution is 2.52. The molecule has 0 spiro atoms. The Kier molecular flexibility index (Phi) is 7.84. The van der Waals surface area contributed by atoms with Gasteiger partial charge in [0.05, 0.1) is 5.69 Å². The van der Waals surface area contributed by atoms with Gasteiger partial charge < -0.3 is 14.2 Å². The van der Waals surface area contributed by atoms with Crippen LogP contribution in [0.15, 0.2) is 211 Å². The molecule has 0 bridgehead atoms. The summed E-state index contributed by atoms with van der Waals surface area (Å²) in [6.07, 6.45) is 0. The minimum Gasteiger partial charge on any atom is -0.456 e. The van der Waals surface area contributed by atoms with Crippen LogP contribution < -0.4 is 9.80 Å². The van der Waals surface area contributed by atoms with E-state index in [1.54, 1.807) is 0 Å². The van der Waals surface area contributed by atoms with E-state index in [0.29, 0.717) is 0 Å². The first-order chi connectivity index (χ1) is 28.5. The van der Waals surface area contributed by atoms with Crippen LogP contribution in [-0.4, -0.2) is 0 Å². The fourth-order valence-electron chi connectivity index (χ4n) is 9.15. The number of rotatable bonds is 7. The summed E-state index contributed by atoms with van der Waals surface area (Å²) in [7, 11) is 0. The Labute approximate surface area is 338 Å². The topological polar surface area (TPSA) is 19.6 Å². The number of hydrogen-bond acceptors (Lipinski definition) is 3. The summed E-state index contributed by atoms with van der Waals surface area (Å²) in [6.45, 7) is 4.72. The Bertz CT molecular complexity index is 3090. The number of hydrogen-bond donors (Lipinski definition) is 0. The first-order valence-electron chi connectivity index (χ1n) is 20.0. The molecular weight excluding hydrogens is 705 g/mol. The van der Waals surface area contributed by atoms with Gasteiger partial charge in [-0.2, -0.15) is 0 Å². The first kappa shape index (κ1) is 33.9. The Morgan fingerprint density at radius 3 is 1.64 bits per heavy atom. The van der Waals surface area contributed by atoms with Gasteiger partial charge in [0.25, 0.3) is 0 Å². The Morgan fingerprint density at radius 2 is 0.931 bits per heavy atom. The van der Waals surface area contributed by atoms with Gasteiger partial charge in [0.2, 0.25) is 0 Å². The summed E-state index contributed by atoms with van der Waals surface area (Å²) >= 11 is 0. The average molecular weight is 745 g/mol. The molecular formula is C55H40N2O. The van der Waals surface area contributed by atoms with E-state index in [1.807, 2.05) is 12.1 Å². The molecule has 0 atom stereocenters. The largest absolute Gasteiger partial charge is 0.456 e. The Balaban J connectivity index is 1.09. The molecule has 58 heavy (non-hydrogen) atoms. The van der Waals surface area contributed by atoms with Crippen molar-refractivity contribution in [1.82, 2.24) is 0 Å². The molecule has 0 fully saturated rings. The second-order valence-corrected chi connectivity index (χ2v) is 15.8. The van der Waals surface area contributed by atoms with E-state index in [0.717, 1.165) is 67.2 Å². The smallest absolute Gasteiger partial charge is 0.137 e. The predicted molar refractivity (Wildman–Crippen MR) is 244 cm³/mol. The van der Waals surface area contributed by atoms with Crippen LogP contribution in [0.4, 0.5) is 34.1 Å². The summed E-state index contributed by atoms with van der Waals surface area (Å²) in [5, 5.41) is 4.69. The van der Waals surface area contributed by atoms with E-state index in [-0.39, 0.29) is 5.41 Å². The zero-order valence-electron chi connectivity index (χ0n) is 32.4. The van der Waals surface area contributed by atoms with Gasteiger partial charge in [0, 0.05) is 56.1 Å². The molecule has 1 heterocycles. The summed E-state index contributed by atoms with van der Waals surface area (Å²) in [6, 6.07) is 74.4. The van der Waals surface area contributed by atoms with Crippen molar-refractivity contribution >= 4 is 66.8 Å². The number of fused-ring (bicyclic) bond motifs is 7. The lowest BCUT2D eigenvalue weighted by Crippen LogP contribution is -2.15. The maximum atomic E-state index is 6.35. The summed E-state index contributed by atoms with van der Waals surface area (Å²) in [5.74, 6) is 0. The van der Waals surface area contributed by atoms with Gasteiger partial charge in [-0.25, -0.2) is 0 Å². The van der Waals surface area contributed by atoms with Crippen molar-refractivity contribution in [2.75, 3.05) is 9.80 Å². The molecule has 1 aliphatic rings. The van der Waals surface area contributed by atoms with Crippen LogP contribution in [0.1, 0.15) is 25.0 Å². The van der Waals surface area contributed by atoms with Gasteiger partial charge in [-0.1, -0.05) is 123 Å². The molecule has 0 saturated carbocycles. The van der Waals surface area contributed by atoms with Crippen LogP contribution in [0.2, 0.25) is 0 Å². The van der Waals surface area contributed by atoms with E-state index in [4.69, 9.17) is 4.42 Å². The average Bonchev–Trinajstić information content (AvgIpc) is 3.75. The highest BCUT2D eigenvalue weighted by atomic mass is 16.3. The molecule has 3 heteroatoms.